The topological polar surface area (TPSA) is 70.6 Å². The van der Waals surface area contributed by atoms with Crippen LogP contribution in [0.1, 0.15) is 44.9 Å². The highest BCUT2D eigenvalue weighted by molar-refractivity contribution is 8.15. The zero-order valence-electron chi connectivity index (χ0n) is 15.6. The van der Waals surface area contributed by atoms with E-state index < -0.39 is 5.25 Å². The van der Waals surface area contributed by atoms with Crippen LogP contribution in [0.25, 0.3) is 0 Å². The van der Waals surface area contributed by atoms with Gasteiger partial charge in [-0.1, -0.05) is 35.5 Å². The molecule has 1 saturated heterocycles. The summed E-state index contributed by atoms with van der Waals surface area (Å²) in [6.45, 7) is 0. The molecule has 4 aliphatic carbocycles. The molecule has 0 radical (unpaired) electrons. The quantitative estimate of drug-likeness (QED) is 0.770. The monoisotopic (exact) mass is 417 g/mol. The Kier molecular flexibility index (Phi) is 4.67. The SMILES string of the molecule is O=C(CC1SC(=NC23CC4CC(CC(C4)C2)C3)NC1=O)Nc1ccccc1Cl. The van der Waals surface area contributed by atoms with Gasteiger partial charge in [-0.25, -0.2) is 0 Å². The molecule has 1 aliphatic heterocycles. The highest BCUT2D eigenvalue weighted by atomic mass is 35.5. The fourth-order valence-corrected chi connectivity index (χ4v) is 7.20. The Morgan fingerprint density at radius 3 is 2.46 bits per heavy atom. The Morgan fingerprint density at radius 1 is 1.18 bits per heavy atom. The van der Waals surface area contributed by atoms with E-state index in [9.17, 15) is 9.59 Å². The number of halogens is 1. The molecule has 6 rings (SSSR count). The van der Waals surface area contributed by atoms with Gasteiger partial charge in [-0.15, -0.1) is 0 Å². The molecule has 4 bridgehead atoms. The summed E-state index contributed by atoms with van der Waals surface area (Å²) in [6, 6.07) is 7.10. The van der Waals surface area contributed by atoms with E-state index >= 15 is 0 Å². The van der Waals surface area contributed by atoms with Crippen LogP contribution in [0.2, 0.25) is 5.02 Å². The lowest BCUT2D eigenvalue weighted by molar-refractivity contribution is -0.122. The number of carbonyl (C=O) groups excluding carboxylic acids is 2. The first-order valence-corrected chi connectivity index (χ1v) is 11.4. The summed E-state index contributed by atoms with van der Waals surface area (Å²) < 4.78 is 0. The molecular weight excluding hydrogens is 394 g/mol. The normalized spacial score (nSPS) is 37.3. The van der Waals surface area contributed by atoms with Gasteiger partial charge in [-0.05, 0) is 68.4 Å². The number of aliphatic imine (C=N–C) groups is 1. The molecule has 5 nitrogen and oxygen atoms in total. The summed E-state index contributed by atoms with van der Waals surface area (Å²) in [5.41, 5.74) is 0.596. The van der Waals surface area contributed by atoms with E-state index in [1.807, 2.05) is 12.1 Å². The second-order valence-corrected chi connectivity index (χ2v) is 10.5. The van der Waals surface area contributed by atoms with Gasteiger partial charge in [0, 0.05) is 6.42 Å². The second kappa shape index (κ2) is 7.06. The maximum Gasteiger partial charge on any atom is 0.240 e. The van der Waals surface area contributed by atoms with Gasteiger partial charge in [0.15, 0.2) is 5.17 Å². The van der Waals surface area contributed by atoms with E-state index in [2.05, 4.69) is 10.6 Å². The smallest absolute Gasteiger partial charge is 0.240 e. The molecule has 148 valence electrons. The van der Waals surface area contributed by atoms with E-state index in [1.54, 1.807) is 12.1 Å². The zero-order valence-corrected chi connectivity index (χ0v) is 17.2. The number of benzene rings is 1. The second-order valence-electron chi connectivity index (χ2n) is 8.89. The minimum atomic E-state index is -0.435. The van der Waals surface area contributed by atoms with Gasteiger partial charge in [-0.2, -0.15) is 0 Å². The van der Waals surface area contributed by atoms with Gasteiger partial charge in [0.25, 0.3) is 0 Å². The van der Waals surface area contributed by atoms with E-state index in [0.29, 0.717) is 15.9 Å². The van der Waals surface area contributed by atoms with Gasteiger partial charge in [0.05, 0.1) is 16.2 Å². The minimum absolute atomic E-state index is 0.0269. The first kappa shape index (κ1) is 18.5. The van der Waals surface area contributed by atoms with E-state index in [4.69, 9.17) is 16.6 Å². The lowest BCUT2D eigenvalue weighted by atomic mass is 9.53. The zero-order chi connectivity index (χ0) is 19.3. The number of hydrogen-bond acceptors (Lipinski definition) is 4. The Morgan fingerprint density at radius 2 is 1.82 bits per heavy atom. The Bertz CT molecular complexity index is 821. The summed E-state index contributed by atoms with van der Waals surface area (Å²) in [5, 5.41) is 6.49. The number of rotatable bonds is 4. The summed E-state index contributed by atoms with van der Waals surface area (Å²) in [7, 11) is 0. The molecule has 28 heavy (non-hydrogen) atoms. The standard InChI is InChI=1S/C21H24ClN3O2S/c22-15-3-1-2-4-16(15)23-18(26)8-17-19(27)24-20(28-17)25-21-9-12-5-13(10-21)7-14(6-12)11-21/h1-4,12-14,17H,5-11H2,(H,23,26)(H,24,25,27). The molecule has 4 saturated carbocycles. The van der Waals surface area contributed by atoms with Crippen LogP contribution in [0, 0.1) is 17.8 Å². The van der Waals surface area contributed by atoms with Crippen molar-refractivity contribution in [1.29, 1.82) is 0 Å². The number of hydrogen-bond donors (Lipinski definition) is 2. The number of nitrogens with one attached hydrogen (secondary N) is 2. The molecule has 1 aromatic rings. The molecule has 5 aliphatic rings. The largest absolute Gasteiger partial charge is 0.325 e. The van der Waals surface area contributed by atoms with Crippen molar-refractivity contribution in [3.8, 4) is 0 Å². The summed E-state index contributed by atoms with van der Waals surface area (Å²) in [6.07, 6.45) is 7.71. The van der Waals surface area contributed by atoms with Crippen molar-refractivity contribution >= 4 is 46.0 Å². The average molecular weight is 418 g/mol. The number of thioether (sulfide) groups is 1. The van der Waals surface area contributed by atoms with Crippen LogP contribution < -0.4 is 10.6 Å². The summed E-state index contributed by atoms with van der Waals surface area (Å²) >= 11 is 7.50. The number of carbonyl (C=O) groups is 2. The molecule has 1 heterocycles. The molecule has 2 amide bonds. The molecule has 0 aromatic heterocycles. The number of amidine groups is 1. The highest BCUT2D eigenvalue weighted by Crippen LogP contribution is 2.57. The molecule has 7 heteroatoms. The first-order chi connectivity index (χ1) is 13.5. The Hall–Kier alpha value is -1.53. The van der Waals surface area contributed by atoms with Crippen LogP contribution in [0.3, 0.4) is 0 Å². The maximum atomic E-state index is 12.4. The van der Waals surface area contributed by atoms with Crippen molar-refractivity contribution in [3.63, 3.8) is 0 Å². The third-order valence-corrected chi connectivity index (χ3v) is 8.05. The van der Waals surface area contributed by atoms with Gasteiger partial charge in [-0.3, -0.25) is 14.6 Å². The molecule has 1 atom stereocenters. The number of anilines is 1. The van der Waals surface area contributed by atoms with Crippen molar-refractivity contribution in [1.82, 2.24) is 5.32 Å². The van der Waals surface area contributed by atoms with Gasteiger partial charge in [0.1, 0.15) is 5.25 Å². The summed E-state index contributed by atoms with van der Waals surface area (Å²) in [4.78, 5) is 29.9. The fraction of sp³-hybridized carbons (Fsp3) is 0.571. The van der Waals surface area contributed by atoms with Gasteiger partial charge < -0.3 is 10.6 Å². The molecule has 5 fully saturated rings. The molecule has 1 aromatic carbocycles. The molecule has 2 N–H and O–H groups in total. The Labute approximate surface area is 174 Å². The van der Waals surface area contributed by atoms with Crippen LogP contribution in [0.4, 0.5) is 5.69 Å². The maximum absolute atomic E-state index is 12.4. The van der Waals surface area contributed by atoms with Crippen LogP contribution in [-0.4, -0.2) is 27.8 Å². The molecule has 1 unspecified atom stereocenters. The van der Waals surface area contributed by atoms with Crippen LogP contribution in [0.15, 0.2) is 29.3 Å². The van der Waals surface area contributed by atoms with Crippen molar-refractivity contribution in [2.75, 3.05) is 5.32 Å². The predicted octanol–water partition coefficient (Wildman–Crippen LogP) is 4.23. The Balaban J connectivity index is 1.24. The van der Waals surface area contributed by atoms with Crippen molar-refractivity contribution < 1.29 is 9.59 Å². The van der Waals surface area contributed by atoms with Crippen LogP contribution >= 0.6 is 23.4 Å². The van der Waals surface area contributed by atoms with E-state index in [0.717, 1.165) is 37.0 Å². The fourth-order valence-electron chi connectivity index (χ4n) is 5.94. The van der Waals surface area contributed by atoms with Crippen molar-refractivity contribution in [3.05, 3.63) is 29.3 Å². The number of para-hydroxylation sites is 1. The van der Waals surface area contributed by atoms with E-state index in [-0.39, 0.29) is 23.8 Å². The number of nitrogens with zero attached hydrogens (tertiary/aromatic N) is 1. The third kappa shape index (κ3) is 3.57. The third-order valence-electron chi connectivity index (χ3n) is 6.64. The molecule has 0 spiro atoms. The van der Waals surface area contributed by atoms with Crippen molar-refractivity contribution in [2.45, 2.75) is 55.7 Å². The van der Waals surface area contributed by atoms with Crippen LogP contribution in [0.5, 0.6) is 0 Å². The lowest BCUT2D eigenvalue weighted by Gasteiger charge is -2.55. The highest BCUT2D eigenvalue weighted by Gasteiger charge is 2.51. The first-order valence-electron chi connectivity index (χ1n) is 10.1. The average Bonchev–Trinajstić information content (AvgIpc) is 2.94. The van der Waals surface area contributed by atoms with Crippen LogP contribution in [-0.2, 0) is 9.59 Å². The number of amides is 2. The lowest BCUT2D eigenvalue weighted by Crippen LogP contribution is -2.50. The van der Waals surface area contributed by atoms with E-state index in [1.165, 1.54) is 31.0 Å². The van der Waals surface area contributed by atoms with Gasteiger partial charge in [0.2, 0.25) is 11.8 Å². The summed E-state index contributed by atoms with van der Waals surface area (Å²) in [5.74, 6) is 2.11. The predicted molar refractivity (Wildman–Crippen MR) is 113 cm³/mol. The molecular formula is C21H24ClN3O2S. The van der Waals surface area contributed by atoms with Gasteiger partial charge >= 0.3 is 0 Å². The minimum Gasteiger partial charge on any atom is -0.325 e. The van der Waals surface area contributed by atoms with Crippen molar-refractivity contribution in [2.24, 2.45) is 22.7 Å².